The van der Waals surface area contributed by atoms with Crippen LogP contribution in [0.5, 0.6) is 0 Å². The van der Waals surface area contributed by atoms with Crippen molar-refractivity contribution < 1.29 is 62.3 Å². The van der Waals surface area contributed by atoms with Crippen LogP contribution in [-0.4, -0.2) is 166 Å². The summed E-state index contributed by atoms with van der Waals surface area (Å²) in [4.78, 5) is 158. The largest absolute Gasteiger partial charge is 0.368 e. The van der Waals surface area contributed by atoms with Crippen LogP contribution in [0.3, 0.4) is 0 Å². The fourth-order valence-corrected chi connectivity index (χ4v) is 4.96. The third-order valence-corrected chi connectivity index (χ3v) is 8.48. The first-order valence-corrected chi connectivity index (χ1v) is 18.7. The Labute approximate surface area is 335 Å². The number of thioether (sulfide) groups is 1. The summed E-state index contributed by atoms with van der Waals surface area (Å²) in [6.45, 7) is -2.42. The van der Waals surface area contributed by atoms with Crippen LogP contribution >= 0.6 is 11.8 Å². The number of hydrogen-bond donors (Lipinski definition) is 13. The van der Waals surface area contributed by atoms with Crippen LogP contribution in [0.15, 0.2) is 0 Å². The average molecular weight is 844 g/mol. The molecule has 27 heteroatoms. The average Bonchev–Trinajstić information content (AvgIpc) is 3.19. The minimum absolute atomic E-state index is 0.164. The molecule has 0 aliphatic carbocycles. The Kier molecular flexibility index (Phi) is 23.1. The van der Waals surface area contributed by atoms with E-state index >= 15 is 0 Å². The van der Waals surface area contributed by atoms with Crippen LogP contribution in [0, 0.1) is 5.92 Å². The summed E-state index contributed by atoms with van der Waals surface area (Å²) < 4.78 is 0. The van der Waals surface area contributed by atoms with Gasteiger partial charge in [-0.05, 0) is 5.92 Å². The lowest BCUT2D eigenvalue weighted by molar-refractivity contribution is -0.132. The fourth-order valence-electron chi connectivity index (χ4n) is 4.07. The van der Waals surface area contributed by atoms with E-state index in [0.29, 0.717) is 6.42 Å². The van der Waals surface area contributed by atoms with Gasteiger partial charge >= 0.3 is 0 Å². The van der Waals surface area contributed by atoms with E-state index in [4.69, 9.17) is 5.73 Å². The lowest BCUT2D eigenvalue weighted by atomic mass is 9.98. The maximum atomic E-state index is 12.9. The van der Waals surface area contributed by atoms with Crippen molar-refractivity contribution in [2.75, 3.05) is 77.0 Å². The first kappa shape index (κ1) is 49.5. The molecule has 58 heavy (non-hydrogen) atoms. The second-order valence-electron chi connectivity index (χ2n) is 12.2. The van der Waals surface area contributed by atoms with Crippen molar-refractivity contribution in [1.29, 1.82) is 0 Å². The Morgan fingerprint density at radius 3 is 1.12 bits per heavy atom. The molecule has 322 valence electrons. The van der Waals surface area contributed by atoms with Gasteiger partial charge in [-0.15, -0.1) is 11.8 Å². The van der Waals surface area contributed by atoms with Crippen LogP contribution in [0.1, 0.15) is 20.3 Å². The van der Waals surface area contributed by atoms with Gasteiger partial charge in [0, 0.05) is 5.75 Å². The quantitative estimate of drug-likeness (QED) is 0.126. The van der Waals surface area contributed by atoms with Crippen LogP contribution in [0.25, 0.3) is 0 Å². The molecule has 0 saturated carbocycles. The molecule has 14 N–H and O–H groups in total. The zero-order valence-electron chi connectivity index (χ0n) is 31.7. The monoisotopic (exact) mass is 843 g/mol. The van der Waals surface area contributed by atoms with Crippen LogP contribution in [-0.2, 0) is 62.3 Å². The highest BCUT2D eigenvalue weighted by atomic mass is 32.2. The molecule has 1 rings (SSSR count). The molecule has 26 nitrogen and oxygen atoms in total. The summed E-state index contributed by atoms with van der Waals surface area (Å²) in [5.41, 5.74) is 5.34. The van der Waals surface area contributed by atoms with Crippen molar-refractivity contribution in [3.8, 4) is 0 Å². The lowest BCUT2D eigenvalue weighted by Crippen LogP contribution is -2.54. The van der Waals surface area contributed by atoms with Crippen molar-refractivity contribution in [3.05, 3.63) is 0 Å². The molecule has 0 spiro atoms. The van der Waals surface area contributed by atoms with E-state index in [1.54, 1.807) is 13.8 Å². The number of nitrogens with two attached hydrogens (primary N) is 1. The third kappa shape index (κ3) is 22.7. The molecule has 1 saturated heterocycles. The molecule has 1 heterocycles. The van der Waals surface area contributed by atoms with E-state index in [-0.39, 0.29) is 11.5 Å². The topological polar surface area (TPSA) is 392 Å². The van der Waals surface area contributed by atoms with Crippen LogP contribution in [0.4, 0.5) is 0 Å². The minimum atomic E-state index is -1.26. The molecule has 0 bridgehead atoms. The molecule has 1 fully saturated rings. The van der Waals surface area contributed by atoms with Gasteiger partial charge in [0.25, 0.3) is 0 Å². The molecule has 3 unspecified atom stereocenters. The molecule has 1 aliphatic heterocycles. The maximum absolute atomic E-state index is 12.9. The van der Waals surface area contributed by atoms with Gasteiger partial charge in [0.05, 0.1) is 71.2 Å². The van der Waals surface area contributed by atoms with Crippen LogP contribution < -0.4 is 69.5 Å². The second-order valence-corrected chi connectivity index (χ2v) is 13.2. The van der Waals surface area contributed by atoms with Crippen molar-refractivity contribution >= 4 is 88.6 Å². The van der Waals surface area contributed by atoms with E-state index in [1.165, 1.54) is 0 Å². The summed E-state index contributed by atoms with van der Waals surface area (Å²) in [5, 5.41) is 27.0. The number of nitrogens with one attached hydrogen (secondary N) is 12. The fraction of sp³-hybridized carbons (Fsp3) is 0.581. The second kappa shape index (κ2) is 27.1. The summed E-state index contributed by atoms with van der Waals surface area (Å²) in [6, 6.07) is -2.37. The van der Waals surface area contributed by atoms with Gasteiger partial charge in [-0.1, -0.05) is 20.3 Å². The van der Waals surface area contributed by atoms with Gasteiger partial charge < -0.3 is 69.5 Å². The van der Waals surface area contributed by atoms with Crippen molar-refractivity contribution in [2.45, 2.75) is 32.4 Å². The summed E-state index contributed by atoms with van der Waals surface area (Å²) in [6.07, 6.45) is 0.437. The highest BCUT2D eigenvalue weighted by Crippen LogP contribution is 2.08. The predicted octanol–water partition coefficient (Wildman–Crippen LogP) is -9.60. The van der Waals surface area contributed by atoms with Gasteiger partial charge in [0.2, 0.25) is 76.8 Å². The summed E-state index contributed by atoms with van der Waals surface area (Å²) >= 11 is 0.885. The smallest absolute Gasteiger partial charge is 0.243 e. The summed E-state index contributed by atoms with van der Waals surface area (Å²) in [5.74, 6) is -11.1. The lowest BCUT2D eigenvalue weighted by Gasteiger charge is -2.23. The van der Waals surface area contributed by atoms with E-state index in [9.17, 15) is 62.3 Å². The molecule has 1 aliphatic rings. The minimum Gasteiger partial charge on any atom is -0.368 e. The van der Waals surface area contributed by atoms with Gasteiger partial charge in [0.1, 0.15) is 12.1 Å². The Morgan fingerprint density at radius 2 is 0.793 bits per heavy atom. The SMILES string of the molecule is CCC(C)C1NC(=O)CNC(=O)CSCC(C(N)=O)NC(=O)CNC(=O)CNC(=O)CNC(=O)CNC(=O)CNC(=O)CNC(=O)CNC(=O)CNC(=O)CNC1=O. The Hall–Kier alpha value is -6.54. The van der Waals surface area contributed by atoms with Gasteiger partial charge in [-0.25, -0.2) is 0 Å². The predicted molar refractivity (Wildman–Crippen MR) is 200 cm³/mol. The standard InChI is InChI=1S/C31H49N13O13S/c1-3-16(2)29-31(57)42-11-25(52)39-9-23(50)37-7-21(48)35-5-19(46)33-4-18(45)34-6-20(47)36-8-22(49)38-10-24(51)40-12-26(53)43-17(30(32)56)14-58-15-28(55)41-13-27(54)44-29/h16-17,29H,3-15H2,1-2H3,(H2,32,56)(H,33,46)(H,34,45)(H,35,48)(H,36,47)(H,37,50)(H,38,49)(H,39,52)(H,40,51)(H,41,55)(H,42,57)(H,43,53)(H,44,54). The molecule has 13 amide bonds. The zero-order valence-corrected chi connectivity index (χ0v) is 32.5. The van der Waals surface area contributed by atoms with E-state index in [2.05, 4.69) is 63.8 Å². The molecule has 0 aromatic rings. The molecular weight excluding hydrogens is 794 g/mol. The van der Waals surface area contributed by atoms with Gasteiger partial charge in [0.15, 0.2) is 0 Å². The maximum Gasteiger partial charge on any atom is 0.243 e. The Balaban J connectivity index is 2.85. The van der Waals surface area contributed by atoms with E-state index in [1.807, 2.05) is 0 Å². The highest BCUT2D eigenvalue weighted by Gasteiger charge is 2.27. The Bertz CT molecular complexity index is 1580. The first-order chi connectivity index (χ1) is 27.4. The zero-order chi connectivity index (χ0) is 43.6. The van der Waals surface area contributed by atoms with E-state index < -0.39 is 160 Å². The normalized spacial score (nSPS) is 21.9. The number of primary amides is 1. The van der Waals surface area contributed by atoms with Gasteiger partial charge in [-0.2, -0.15) is 0 Å². The first-order valence-electron chi connectivity index (χ1n) is 17.5. The third-order valence-electron chi connectivity index (χ3n) is 7.45. The number of amides is 13. The molecule has 0 aromatic carbocycles. The molecular formula is C31H49N13O13S. The van der Waals surface area contributed by atoms with Crippen molar-refractivity contribution in [1.82, 2.24) is 63.8 Å². The number of rotatable bonds is 3. The molecule has 3 atom stereocenters. The Morgan fingerprint density at radius 1 is 0.500 bits per heavy atom. The summed E-state index contributed by atoms with van der Waals surface area (Å²) in [7, 11) is 0. The van der Waals surface area contributed by atoms with E-state index in [0.717, 1.165) is 11.8 Å². The van der Waals surface area contributed by atoms with Crippen molar-refractivity contribution in [2.24, 2.45) is 11.7 Å². The molecule has 0 radical (unpaired) electrons. The van der Waals surface area contributed by atoms with Crippen LogP contribution in [0.2, 0.25) is 0 Å². The molecule has 0 aromatic heterocycles. The van der Waals surface area contributed by atoms with Crippen molar-refractivity contribution in [3.63, 3.8) is 0 Å². The number of hydrogen-bond acceptors (Lipinski definition) is 14. The highest BCUT2D eigenvalue weighted by molar-refractivity contribution is 8.00. The number of carbonyl (C=O) groups is 13. The van der Waals surface area contributed by atoms with Gasteiger partial charge in [-0.3, -0.25) is 62.3 Å². The number of carbonyl (C=O) groups excluding carboxylic acids is 13.